The number of carbonyl (C=O) groups is 2. The first-order valence-electron chi connectivity index (χ1n) is 9.24. The molecule has 1 atom stereocenters. The summed E-state index contributed by atoms with van der Waals surface area (Å²) in [4.78, 5) is 31.9. The second-order valence-corrected chi connectivity index (χ2v) is 6.54. The van der Waals surface area contributed by atoms with E-state index in [9.17, 15) is 9.59 Å². The van der Waals surface area contributed by atoms with E-state index < -0.39 is 5.97 Å². The fourth-order valence-electron chi connectivity index (χ4n) is 3.01. The predicted octanol–water partition coefficient (Wildman–Crippen LogP) is 2.55. The number of aromatic nitrogens is 2. The summed E-state index contributed by atoms with van der Waals surface area (Å²) < 4.78 is 4.53. The molecular weight excluding hydrogens is 332 g/mol. The molecule has 1 amide bonds. The number of nitrogens with zero attached hydrogens (tertiary/aromatic N) is 2. The molecule has 0 saturated heterocycles. The lowest BCUT2D eigenvalue weighted by molar-refractivity contribution is -0.134. The molecule has 1 aliphatic carbocycles. The number of hydrogen-bond donors (Lipinski definition) is 2. The van der Waals surface area contributed by atoms with Crippen molar-refractivity contribution in [1.29, 1.82) is 0 Å². The Morgan fingerprint density at radius 2 is 2.04 bits per heavy atom. The van der Waals surface area contributed by atoms with Gasteiger partial charge in [0.05, 0.1) is 25.2 Å². The first-order chi connectivity index (χ1) is 12.6. The van der Waals surface area contributed by atoms with Gasteiger partial charge in [0.25, 0.3) is 0 Å². The average Bonchev–Trinajstić information content (AvgIpc) is 2.70. The van der Waals surface area contributed by atoms with Gasteiger partial charge < -0.3 is 15.4 Å². The minimum absolute atomic E-state index is 0.00506. The van der Waals surface area contributed by atoms with Gasteiger partial charge in [-0.25, -0.2) is 9.78 Å². The van der Waals surface area contributed by atoms with Gasteiger partial charge in [0.1, 0.15) is 11.9 Å². The molecule has 0 radical (unpaired) electrons. The van der Waals surface area contributed by atoms with Crippen LogP contribution in [0.3, 0.4) is 0 Å². The van der Waals surface area contributed by atoms with Gasteiger partial charge in [-0.2, -0.15) is 0 Å². The zero-order valence-corrected chi connectivity index (χ0v) is 15.5. The quantitative estimate of drug-likeness (QED) is 0.547. The number of nitrogens with one attached hydrogen (secondary N) is 2. The van der Waals surface area contributed by atoms with Crippen molar-refractivity contribution >= 4 is 23.8 Å². The molecule has 1 heterocycles. The van der Waals surface area contributed by atoms with E-state index in [1.807, 2.05) is 6.92 Å². The van der Waals surface area contributed by atoms with Crippen molar-refractivity contribution in [3.05, 3.63) is 24.2 Å². The third kappa shape index (κ3) is 6.46. The Morgan fingerprint density at radius 3 is 2.65 bits per heavy atom. The lowest BCUT2D eigenvalue weighted by Gasteiger charge is -2.23. The van der Waals surface area contributed by atoms with Crippen molar-refractivity contribution in [3.63, 3.8) is 0 Å². The molecule has 0 bridgehead atoms. The van der Waals surface area contributed by atoms with Gasteiger partial charge in [-0.3, -0.25) is 9.78 Å². The minimum atomic E-state index is -0.449. The van der Waals surface area contributed by atoms with Crippen LogP contribution in [0.1, 0.15) is 51.1 Å². The van der Waals surface area contributed by atoms with Gasteiger partial charge in [0.2, 0.25) is 5.91 Å². The van der Waals surface area contributed by atoms with E-state index in [0.717, 1.165) is 6.54 Å². The van der Waals surface area contributed by atoms with Crippen molar-refractivity contribution in [2.75, 3.05) is 19.0 Å². The molecule has 0 unspecified atom stereocenters. The summed E-state index contributed by atoms with van der Waals surface area (Å²) in [7, 11) is 1.32. The Hall–Kier alpha value is -2.44. The molecule has 7 nitrogen and oxygen atoms in total. The molecule has 1 aromatic heterocycles. The molecule has 0 aliphatic heterocycles. The molecule has 1 aliphatic rings. The van der Waals surface area contributed by atoms with Crippen LogP contribution in [0.4, 0.5) is 5.82 Å². The number of amides is 1. The largest absolute Gasteiger partial charge is 0.466 e. The van der Waals surface area contributed by atoms with E-state index in [1.165, 1.54) is 57.6 Å². The average molecular weight is 360 g/mol. The van der Waals surface area contributed by atoms with E-state index in [1.54, 1.807) is 6.20 Å². The Bertz CT molecular complexity index is 610. The number of anilines is 1. The number of methoxy groups -OCH3 is 1. The summed E-state index contributed by atoms with van der Waals surface area (Å²) >= 11 is 0. The molecule has 7 heteroatoms. The molecular formula is C19H28N4O3. The molecule has 1 saturated carbocycles. The minimum Gasteiger partial charge on any atom is -0.466 e. The molecule has 1 fully saturated rings. The van der Waals surface area contributed by atoms with E-state index in [2.05, 4.69) is 25.3 Å². The van der Waals surface area contributed by atoms with Crippen LogP contribution in [0, 0.1) is 5.92 Å². The van der Waals surface area contributed by atoms with Crippen molar-refractivity contribution in [3.8, 4) is 0 Å². The second-order valence-electron chi connectivity index (χ2n) is 6.54. The van der Waals surface area contributed by atoms with Crippen LogP contribution in [0.2, 0.25) is 0 Å². The summed E-state index contributed by atoms with van der Waals surface area (Å²) in [6.07, 6.45) is 12.8. The van der Waals surface area contributed by atoms with Crippen LogP contribution < -0.4 is 10.6 Å². The number of esters is 1. The van der Waals surface area contributed by atoms with Crippen molar-refractivity contribution < 1.29 is 14.3 Å². The maximum atomic E-state index is 12.4. The van der Waals surface area contributed by atoms with Crippen molar-refractivity contribution in [1.82, 2.24) is 15.3 Å². The standard InChI is InChI=1S/C19H28N4O3/c1-3-16(19(25)22-11-14-7-5-4-6-8-14)23-17-13-20-15(12-21-17)9-10-18(24)26-2/h9-10,12-14,16H,3-8,11H2,1-2H3,(H,21,23)(H,22,25)/t16-/m1/s1. The van der Waals surface area contributed by atoms with Crippen LogP contribution in [0.5, 0.6) is 0 Å². The first kappa shape index (κ1) is 19.9. The normalized spacial score (nSPS) is 16.2. The van der Waals surface area contributed by atoms with Crippen LogP contribution >= 0.6 is 0 Å². The Balaban J connectivity index is 1.84. The zero-order valence-electron chi connectivity index (χ0n) is 15.5. The Labute approximate surface area is 154 Å². The third-order valence-electron chi connectivity index (χ3n) is 4.60. The zero-order chi connectivity index (χ0) is 18.8. The van der Waals surface area contributed by atoms with E-state index >= 15 is 0 Å². The lowest BCUT2D eigenvalue weighted by Crippen LogP contribution is -2.41. The monoisotopic (exact) mass is 360 g/mol. The number of carbonyl (C=O) groups excluding carboxylic acids is 2. The first-order valence-corrected chi connectivity index (χ1v) is 9.24. The van der Waals surface area contributed by atoms with Gasteiger partial charge in [0, 0.05) is 12.6 Å². The van der Waals surface area contributed by atoms with Gasteiger partial charge in [-0.15, -0.1) is 0 Å². The maximum absolute atomic E-state index is 12.4. The molecule has 0 spiro atoms. The Kier molecular flexibility index (Phi) is 8.05. The predicted molar refractivity (Wildman–Crippen MR) is 100 cm³/mol. The number of ether oxygens (including phenoxy) is 1. The van der Waals surface area contributed by atoms with Gasteiger partial charge in [-0.05, 0) is 31.3 Å². The van der Waals surface area contributed by atoms with E-state index in [4.69, 9.17) is 0 Å². The highest BCUT2D eigenvalue weighted by atomic mass is 16.5. The number of hydrogen-bond acceptors (Lipinski definition) is 6. The van der Waals surface area contributed by atoms with Crippen LogP contribution in [-0.4, -0.2) is 41.5 Å². The van der Waals surface area contributed by atoms with Crippen LogP contribution in [-0.2, 0) is 14.3 Å². The van der Waals surface area contributed by atoms with Gasteiger partial charge in [0.15, 0.2) is 0 Å². The molecule has 1 aromatic rings. The highest BCUT2D eigenvalue weighted by molar-refractivity contribution is 5.86. The summed E-state index contributed by atoms with van der Waals surface area (Å²) in [5, 5.41) is 6.18. The molecule has 26 heavy (non-hydrogen) atoms. The molecule has 142 valence electrons. The van der Waals surface area contributed by atoms with Gasteiger partial charge in [-0.1, -0.05) is 26.2 Å². The fraction of sp³-hybridized carbons (Fsp3) is 0.579. The summed E-state index contributed by atoms with van der Waals surface area (Å²) in [6, 6.07) is -0.343. The number of rotatable bonds is 8. The Morgan fingerprint density at radius 1 is 1.27 bits per heavy atom. The van der Waals surface area contributed by atoms with Gasteiger partial charge >= 0.3 is 5.97 Å². The van der Waals surface area contributed by atoms with Crippen LogP contribution in [0.25, 0.3) is 6.08 Å². The molecule has 2 N–H and O–H groups in total. The third-order valence-corrected chi connectivity index (χ3v) is 4.60. The van der Waals surface area contributed by atoms with Crippen LogP contribution in [0.15, 0.2) is 18.5 Å². The fourth-order valence-corrected chi connectivity index (χ4v) is 3.01. The highest BCUT2D eigenvalue weighted by Gasteiger charge is 2.19. The van der Waals surface area contributed by atoms with Crippen molar-refractivity contribution in [2.45, 2.75) is 51.5 Å². The van der Waals surface area contributed by atoms with E-state index in [-0.39, 0.29) is 11.9 Å². The van der Waals surface area contributed by atoms with E-state index in [0.29, 0.717) is 23.9 Å². The summed E-state index contributed by atoms with van der Waals surface area (Å²) in [6.45, 7) is 2.71. The lowest BCUT2D eigenvalue weighted by atomic mass is 9.89. The topological polar surface area (TPSA) is 93.2 Å². The summed E-state index contributed by atoms with van der Waals surface area (Å²) in [5.41, 5.74) is 0.538. The molecule has 0 aromatic carbocycles. The highest BCUT2D eigenvalue weighted by Crippen LogP contribution is 2.22. The SMILES string of the molecule is CC[C@@H](Nc1cnc(C=CC(=O)OC)cn1)C(=O)NCC1CCCCC1. The second kappa shape index (κ2) is 10.5. The molecule has 2 rings (SSSR count). The van der Waals surface area contributed by atoms with Crippen molar-refractivity contribution in [2.24, 2.45) is 5.92 Å². The smallest absolute Gasteiger partial charge is 0.330 e. The maximum Gasteiger partial charge on any atom is 0.330 e. The summed E-state index contributed by atoms with van der Waals surface area (Å²) in [5.74, 6) is 0.676.